The average molecular weight is 454 g/mol. The molecule has 0 unspecified atom stereocenters. The molecule has 144 valence electrons. The molecule has 2 heterocycles. The van der Waals surface area contributed by atoms with Crippen LogP contribution in [0.5, 0.6) is 0 Å². The zero-order valence-electron chi connectivity index (χ0n) is 15.1. The number of para-hydroxylation sites is 1. The number of carbonyl (C=O) groups is 1. The maximum atomic E-state index is 12.8. The van der Waals surface area contributed by atoms with Crippen molar-refractivity contribution in [3.63, 3.8) is 0 Å². The smallest absolute Gasteiger partial charge is 0.276 e. The molecule has 0 aliphatic heterocycles. The summed E-state index contributed by atoms with van der Waals surface area (Å²) in [7, 11) is 0. The molecule has 2 aromatic heterocycles. The second-order valence-corrected chi connectivity index (χ2v) is 6.66. The highest BCUT2D eigenvalue weighted by Crippen LogP contribution is 2.27. The minimum absolute atomic E-state index is 0. The Kier molecular flexibility index (Phi) is 7.18. The van der Waals surface area contributed by atoms with Crippen LogP contribution in [0.3, 0.4) is 0 Å². The molecule has 0 aliphatic rings. The van der Waals surface area contributed by atoms with Crippen LogP contribution in [0.4, 0.5) is 5.95 Å². The van der Waals surface area contributed by atoms with E-state index in [4.69, 9.17) is 5.73 Å². The van der Waals surface area contributed by atoms with Crippen molar-refractivity contribution in [2.24, 2.45) is 5.73 Å². The van der Waals surface area contributed by atoms with Crippen molar-refractivity contribution in [1.82, 2.24) is 19.3 Å². The molecule has 0 atom stereocenters. The van der Waals surface area contributed by atoms with Gasteiger partial charge in [-0.15, -0.1) is 12.4 Å². The van der Waals surface area contributed by atoms with Gasteiger partial charge >= 0.3 is 0 Å². The van der Waals surface area contributed by atoms with Crippen LogP contribution in [0.25, 0.3) is 11.0 Å². The van der Waals surface area contributed by atoms with E-state index in [0.29, 0.717) is 31.3 Å². The number of halogens is 2. The van der Waals surface area contributed by atoms with Gasteiger partial charge in [0.15, 0.2) is 0 Å². The van der Waals surface area contributed by atoms with Gasteiger partial charge in [0, 0.05) is 24.1 Å². The van der Waals surface area contributed by atoms with Crippen molar-refractivity contribution in [3.05, 3.63) is 52.3 Å². The highest BCUT2D eigenvalue weighted by Gasteiger charge is 2.18. The second kappa shape index (κ2) is 9.16. The minimum Gasteiger partial charge on any atom is -0.327 e. The number of nitrogens with zero attached hydrogens (tertiary/aromatic N) is 4. The number of anilines is 1. The molecule has 0 bridgehead atoms. The summed E-state index contributed by atoms with van der Waals surface area (Å²) >= 11 is 3.57. The fourth-order valence-corrected chi connectivity index (χ4v) is 3.40. The summed E-state index contributed by atoms with van der Waals surface area (Å²) in [6, 6.07) is 7.56. The van der Waals surface area contributed by atoms with Gasteiger partial charge in [-0.2, -0.15) is 5.10 Å². The molecule has 27 heavy (non-hydrogen) atoms. The number of imidazole rings is 1. The first-order chi connectivity index (χ1) is 12.5. The summed E-state index contributed by atoms with van der Waals surface area (Å²) in [5.41, 5.74) is 8.58. The number of allylic oxidation sites excluding steroid dienone is 1. The Bertz CT molecular complexity index is 978. The molecule has 1 amide bonds. The molecule has 3 N–H and O–H groups in total. The summed E-state index contributed by atoms with van der Waals surface area (Å²) in [6.07, 6.45) is 3.83. The number of nitrogens with two attached hydrogens (primary N) is 1. The molecule has 3 rings (SSSR count). The first-order valence-electron chi connectivity index (χ1n) is 8.40. The van der Waals surface area contributed by atoms with Crippen LogP contribution < -0.4 is 11.1 Å². The Morgan fingerprint density at radius 1 is 1.37 bits per heavy atom. The minimum atomic E-state index is -0.233. The first kappa shape index (κ1) is 21.1. The summed E-state index contributed by atoms with van der Waals surface area (Å²) in [5.74, 6) is 0.253. The topological polar surface area (TPSA) is 90.8 Å². The van der Waals surface area contributed by atoms with Crippen LogP contribution in [0.15, 0.2) is 40.9 Å². The maximum Gasteiger partial charge on any atom is 0.276 e. The molecule has 0 radical (unpaired) electrons. The zero-order valence-corrected chi connectivity index (χ0v) is 17.5. The fourth-order valence-electron chi connectivity index (χ4n) is 2.83. The number of fused-ring (bicyclic) bond motifs is 1. The molecule has 0 saturated carbocycles. The number of benzene rings is 1. The molecule has 0 fully saturated rings. The zero-order chi connectivity index (χ0) is 18.7. The van der Waals surface area contributed by atoms with Crippen molar-refractivity contribution >= 4 is 51.2 Å². The van der Waals surface area contributed by atoms with Gasteiger partial charge in [0.2, 0.25) is 5.95 Å². The molecule has 0 aliphatic carbocycles. The van der Waals surface area contributed by atoms with Crippen molar-refractivity contribution in [2.75, 3.05) is 11.9 Å². The van der Waals surface area contributed by atoms with Crippen LogP contribution in [0, 0.1) is 6.92 Å². The first-order valence-corrected chi connectivity index (χ1v) is 9.20. The van der Waals surface area contributed by atoms with E-state index in [2.05, 4.69) is 31.3 Å². The molecule has 1 aromatic carbocycles. The van der Waals surface area contributed by atoms with E-state index in [1.165, 1.54) is 0 Å². The number of rotatable bonds is 6. The Morgan fingerprint density at radius 3 is 2.85 bits per heavy atom. The number of hydrogen-bond donors (Lipinski definition) is 2. The normalized spacial score (nSPS) is 11.1. The Labute approximate surface area is 172 Å². The average Bonchev–Trinajstić information content (AvgIpc) is 3.16. The van der Waals surface area contributed by atoms with Crippen molar-refractivity contribution in [1.29, 1.82) is 0 Å². The van der Waals surface area contributed by atoms with Gasteiger partial charge in [-0.25, -0.2) is 4.98 Å². The highest BCUT2D eigenvalue weighted by atomic mass is 79.9. The molecule has 3 aromatic rings. The third-order valence-electron chi connectivity index (χ3n) is 3.97. The number of aryl methyl sites for hydroxylation is 2. The van der Waals surface area contributed by atoms with Crippen LogP contribution in [-0.2, 0) is 13.1 Å². The van der Waals surface area contributed by atoms with Crippen molar-refractivity contribution in [3.8, 4) is 0 Å². The number of hydrogen-bond acceptors (Lipinski definition) is 4. The van der Waals surface area contributed by atoms with Crippen LogP contribution in [0.2, 0.25) is 0 Å². The highest BCUT2D eigenvalue weighted by molar-refractivity contribution is 9.10. The van der Waals surface area contributed by atoms with Crippen molar-refractivity contribution < 1.29 is 4.79 Å². The molecular formula is C18H22BrClN6O. The van der Waals surface area contributed by atoms with Gasteiger partial charge < -0.3 is 10.3 Å². The fraction of sp³-hybridized carbons (Fsp3) is 0.278. The second-order valence-electron chi connectivity index (χ2n) is 5.80. The monoisotopic (exact) mass is 452 g/mol. The van der Waals surface area contributed by atoms with Gasteiger partial charge in [0.05, 0.1) is 16.7 Å². The van der Waals surface area contributed by atoms with E-state index < -0.39 is 0 Å². The summed E-state index contributed by atoms with van der Waals surface area (Å²) in [5, 5.41) is 7.25. The maximum absolute atomic E-state index is 12.8. The van der Waals surface area contributed by atoms with Crippen LogP contribution in [-0.4, -0.2) is 31.8 Å². The lowest BCUT2D eigenvalue weighted by Gasteiger charge is -2.09. The lowest BCUT2D eigenvalue weighted by Crippen LogP contribution is -2.19. The Balaban J connectivity index is 0.00000261. The summed E-state index contributed by atoms with van der Waals surface area (Å²) in [4.78, 5) is 17.4. The lowest BCUT2D eigenvalue weighted by atomic mass is 10.3. The number of nitrogens with one attached hydrogen (secondary N) is 1. The summed E-state index contributed by atoms with van der Waals surface area (Å²) < 4.78 is 4.55. The lowest BCUT2D eigenvalue weighted by molar-refractivity contribution is 0.101. The van der Waals surface area contributed by atoms with Gasteiger partial charge in [0.1, 0.15) is 5.69 Å². The SMILES string of the molecule is CCn1nc(C)cc1C(=O)Nc1nc2cccc(Br)c2n1C/C=C/CN.Cl. The van der Waals surface area contributed by atoms with Gasteiger partial charge in [-0.3, -0.25) is 14.8 Å². The van der Waals surface area contributed by atoms with E-state index in [1.807, 2.05) is 48.8 Å². The Hall–Kier alpha value is -2.16. The molecule has 9 heteroatoms. The number of amides is 1. The predicted molar refractivity (Wildman–Crippen MR) is 113 cm³/mol. The van der Waals surface area contributed by atoms with Gasteiger partial charge in [-0.1, -0.05) is 18.2 Å². The van der Waals surface area contributed by atoms with Crippen LogP contribution in [0.1, 0.15) is 23.1 Å². The largest absolute Gasteiger partial charge is 0.327 e. The standard InChI is InChI=1S/C18H21BrN6O.ClH/c1-3-25-15(11-12(2)23-25)17(26)22-18-21-14-8-6-7-13(19)16(14)24(18)10-5-4-9-20;/h4-8,11H,3,9-10,20H2,1-2H3,(H,21,22,26);1H/b5-4+;. The number of aromatic nitrogens is 4. The van der Waals surface area contributed by atoms with Gasteiger partial charge in [-0.05, 0) is 48.0 Å². The third kappa shape index (κ3) is 4.40. The predicted octanol–water partition coefficient (Wildman–Crippen LogP) is 3.51. The van der Waals surface area contributed by atoms with Crippen LogP contribution >= 0.6 is 28.3 Å². The summed E-state index contributed by atoms with van der Waals surface area (Å²) in [6.45, 7) is 5.46. The van der Waals surface area contributed by atoms with Gasteiger partial charge in [0.25, 0.3) is 5.91 Å². The Morgan fingerprint density at radius 2 is 2.15 bits per heavy atom. The molecular weight excluding hydrogens is 432 g/mol. The van der Waals surface area contributed by atoms with Crippen molar-refractivity contribution in [2.45, 2.75) is 26.9 Å². The molecule has 0 saturated heterocycles. The molecule has 0 spiro atoms. The third-order valence-corrected chi connectivity index (χ3v) is 4.61. The van der Waals surface area contributed by atoms with E-state index >= 15 is 0 Å². The van der Waals surface area contributed by atoms with E-state index in [1.54, 1.807) is 10.7 Å². The van der Waals surface area contributed by atoms with E-state index in [0.717, 1.165) is 21.2 Å². The van der Waals surface area contributed by atoms with E-state index in [-0.39, 0.29) is 18.3 Å². The molecule has 7 nitrogen and oxygen atoms in total. The number of carbonyl (C=O) groups excluding carboxylic acids is 1. The quantitative estimate of drug-likeness (QED) is 0.559. The van der Waals surface area contributed by atoms with E-state index in [9.17, 15) is 4.79 Å².